The van der Waals surface area contributed by atoms with Gasteiger partial charge in [0.2, 0.25) is 0 Å². The lowest BCUT2D eigenvalue weighted by Gasteiger charge is -2.11. The van der Waals surface area contributed by atoms with E-state index in [1.54, 1.807) is 24.4 Å². The molecule has 0 atom stereocenters. The SMILES string of the molecule is Cc1ccc(NC(=S)NNC(=O)c2ccc[nH]2)cc1Cl. The lowest BCUT2D eigenvalue weighted by atomic mass is 10.2. The summed E-state index contributed by atoms with van der Waals surface area (Å²) in [5, 5.41) is 3.84. The Bertz CT molecular complexity index is 627. The molecule has 4 N–H and O–H groups in total. The van der Waals surface area contributed by atoms with Gasteiger partial charge in [-0.3, -0.25) is 15.6 Å². The first kappa shape index (κ1) is 14.4. The van der Waals surface area contributed by atoms with Gasteiger partial charge in [0.25, 0.3) is 5.91 Å². The number of carbonyl (C=O) groups is 1. The van der Waals surface area contributed by atoms with Crippen molar-refractivity contribution in [3.8, 4) is 0 Å². The number of aromatic nitrogens is 1. The lowest BCUT2D eigenvalue weighted by Crippen LogP contribution is -2.43. The van der Waals surface area contributed by atoms with Gasteiger partial charge in [-0.25, -0.2) is 0 Å². The van der Waals surface area contributed by atoms with E-state index in [9.17, 15) is 4.79 Å². The third-order valence-electron chi connectivity index (χ3n) is 2.56. The summed E-state index contributed by atoms with van der Waals surface area (Å²) in [6, 6.07) is 8.89. The molecule has 7 heteroatoms. The fourth-order valence-electron chi connectivity index (χ4n) is 1.49. The topological polar surface area (TPSA) is 68.9 Å². The Hall–Kier alpha value is -2.05. The first-order valence-electron chi connectivity index (χ1n) is 5.83. The first-order valence-corrected chi connectivity index (χ1v) is 6.62. The van der Waals surface area contributed by atoms with Crippen LogP contribution in [-0.4, -0.2) is 16.0 Å². The van der Waals surface area contributed by atoms with Crippen molar-refractivity contribution in [2.75, 3.05) is 5.32 Å². The number of aromatic amines is 1. The van der Waals surface area contributed by atoms with Crippen LogP contribution < -0.4 is 16.2 Å². The van der Waals surface area contributed by atoms with Gasteiger partial charge in [0.05, 0.1) is 0 Å². The maximum Gasteiger partial charge on any atom is 0.286 e. The third-order valence-corrected chi connectivity index (χ3v) is 3.17. The number of hydrogen-bond acceptors (Lipinski definition) is 2. The molecule has 1 amide bonds. The number of hydrazine groups is 1. The van der Waals surface area contributed by atoms with Crippen molar-refractivity contribution in [3.05, 3.63) is 52.8 Å². The number of amides is 1. The predicted octanol–water partition coefficient (Wildman–Crippen LogP) is 2.61. The summed E-state index contributed by atoms with van der Waals surface area (Å²) in [6.07, 6.45) is 1.67. The molecule has 1 aromatic heterocycles. The van der Waals surface area contributed by atoms with E-state index in [2.05, 4.69) is 21.2 Å². The molecule has 1 heterocycles. The Kier molecular flexibility index (Phi) is 4.60. The van der Waals surface area contributed by atoms with Crippen molar-refractivity contribution >= 4 is 40.5 Å². The van der Waals surface area contributed by atoms with Crippen LogP contribution in [0.2, 0.25) is 5.02 Å². The standard InChI is InChI=1S/C13H13ClN4OS/c1-8-4-5-9(7-10(8)14)16-13(20)18-17-12(19)11-3-2-6-15-11/h2-7,15H,1H3,(H,17,19)(H2,16,18,20). The second kappa shape index (κ2) is 6.40. The second-order valence-electron chi connectivity index (χ2n) is 4.08. The number of aryl methyl sites for hydroxylation is 1. The van der Waals surface area contributed by atoms with Crippen LogP contribution in [-0.2, 0) is 0 Å². The minimum absolute atomic E-state index is 0.268. The number of thiocarbonyl (C=S) groups is 1. The highest BCUT2D eigenvalue weighted by Gasteiger charge is 2.06. The smallest absolute Gasteiger partial charge is 0.286 e. The van der Waals surface area contributed by atoms with Crippen LogP contribution in [0.15, 0.2) is 36.5 Å². The molecule has 0 aliphatic rings. The Labute approximate surface area is 126 Å². The molecule has 0 aliphatic carbocycles. The fraction of sp³-hybridized carbons (Fsp3) is 0.0769. The number of hydrogen-bond donors (Lipinski definition) is 4. The van der Waals surface area contributed by atoms with E-state index in [0.29, 0.717) is 10.7 Å². The lowest BCUT2D eigenvalue weighted by molar-refractivity contribution is 0.0940. The van der Waals surface area contributed by atoms with Crippen molar-refractivity contribution < 1.29 is 4.79 Å². The molecule has 0 fully saturated rings. The highest BCUT2D eigenvalue weighted by molar-refractivity contribution is 7.80. The average molecular weight is 309 g/mol. The van der Waals surface area contributed by atoms with Crippen LogP contribution in [0.4, 0.5) is 5.69 Å². The van der Waals surface area contributed by atoms with E-state index in [4.69, 9.17) is 23.8 Å². The zero-order chi connectivity index (χ0) is 14.5. The number of carbonyl (C=O) groups excluding carboxylic acids is 1. The van der Waals surface area contributed by atoms with E-state index in [1.165, 1.54) is 0 Å². The summed E-state index contributed by atoms with van der Waals surface area (Å²) in [4.78, 5) is 14.4. The van der Waals surface area contributed by atoms with Crippen LogP contribution >= 0.6 is 23.8 Å². The summed E-state index contributed by atoms with van der Waals surface area (Å²) in [5.74, 6) is -0.305. The third kappa shape index (κ3) is 3.72. The first-order chi connectivity index (χ1) is 9.56. The molecule has 2 aromatic rings. The van der Waals surface area contributed by atoms with Gasteiger partial charge in [-0.1, -0.05) is 17.7 Å². The molecule has 20 heavy (non-hydrogen) atoms. The van der Waals surface area contributed by atoms with E-state index in [1.807, 2.05) is 19.1 Å². The van der Waals surface area contributed by atoms with Gasteiger partial charge in [0.15, 0.2) is 5.11 Å². The van der Waals surface area contributed by atoms with Gasteiger partial charge in [0, 0.05) is 16.9 Å². The maximum atomic E-state index is 11.6. The molecule has 1 aromatic carbocycles. The maximum absolute atomic E-state index is 11.6. The van der Waals surface area contributed by atoms with Gasteiger partial charge in [-0.2, -0.15) is 0 Å². The Morgan fingerprint density at radius 1 is 1.30 bits per heavy atom. The van der Waals surface area contributed by atoms with E-state index in [-0.39, 0.29) is 11.0 Å². The minimum atomic E-state index is -0.305. The van der Waals surface area contributed by atoms with Gasteiger partial charge in [-0.15, -0.1) is 0 Å². The predicted molar refractivity (Wildman–Crippen MR) is 83.8 cm³/mol. The average Bonchev–Trinajstić information content (AvgIpc) is 2.94. The summed E-state index contributed by atoms with van der Waals surface area (Å²) in [6.45, 7) is 1.92. The van der Waals surface area contributed by atoms with Crippen molar-refractivity contribution in [3.63, 3.8) is 0 Å². The summed E-state index contributed by atoms with van der Waals surface area (Å²) in [5.41, 5.74) is 7.25. The highest BCUT2D eigenvalue weighted by Crippen LogP contribution is 2.19. The molecule has 5 nitrogen and oxygen atoms in total. The van der Waals surface area contributed by atoms with E-state index < -0.39 is 0 Å². The van der Waals surface area contributed by atoms with Crippen molar-refractivity contribution in [2.24, 2.45) is 0 Å². The van der Waals surface area contributed by atoms with Crippen LogP contribution in [0.5, 0.6) is 0 Å². The van der Waals surface area contributed by atoms with Crippen LogP contribution in [0.25, 0.3) is 0 Å². The highest BCUT2D eigenvalue weighted by atomic mass is 35.5. The Balaban J connectivity index is 1.86. The molecule has 0 saturated heterocycles. The monoisotopic (exact) mass is 308 g/mol. The largest absolute Gasteiger partial charge is 0.357 e. The van der Waals surface area contributed by atoms with E-state index in [0.717, 1.165) is 11.3 Å². The molecule has 0 saturated carbocycles. The molecular weight excluding hydrogens is 296 g/mol. The molecule has 0 unspecified atom stereocenters. The van der Waals surface area contributed by atoms with Gasteiger partial charge < -0.3 is 10.3 Å². The molecule has 0 spiro atoms. The van der Waals surface area contributed by atoms with Crippen LogP contribution in [0.3, 0.4) is 0 Å². The number of nitrogens with one attached hydrogen (secondary N) is 4. The molecule has 104 valence electrons. The minimum Gasteiger partial charge on any atom is -0.357 e. The summed E-state index contributed by atoms with van der Waals surface area (Å²) in [7, 11) is 0. The Morgan fingerprint density at radius 3 is 2.75 bits per heavy atom. The molecular formula is C13H13ClN4OS. The molecule has 0 bridgehead atoms. The number of H-pyrrole nitrogens is 1. The Morgan fingerprint density at radius 2 is 2.10 bits per heavy atom. The second-order valence-corrected chi connectivity index (χ2v) is 4.90. The van der Waals surface area contributed by atoms with Crippen LogP contribution in [0, 0.1) is 6.92 Å². The number of halogens is 1. The zero-order valence-electron chi connectivity index (χ0n) is 10.7. The molecule has 0 radical (unpaired) electrons. The number of rotatable bonds is 2. The normalized spacial score (nSPS) is 9.90. The fourth-order valence-corrected chi connectivity index (χ4v) is 1.83. The van der Waals surface area contributed by atoms with Crippen molar-refractivity contribution in [2.45, 2.75) is 6.92 Å². The molecule has 0 aliphatic heterocycles. The zero-order valence-corrected chi connectivity index (χ0v) is 12.2. The van der Waals surface area contributed by atoms with Crippen LogP contribution in [0.1, 0.15) is 16.1 Å². The summed E-state index contributed by atoms with van der Waals surface area (Å²) >= 11 is 11.1. The van der Waals surface area contributed by atoms with Gasteiger partial charge >= 0.3 is 0 Å². The number of benzene rings is 1. The van der Waals surface area contributed by atoms with Gasteiger partial charge in [0.1, 0.15) is 5.69 Å². The number of anilines is 1. The quantitative estimate of drug-likeness (QED) is 0.508. The van der Waals surface area contributed by atoms with Crippen molar-refractivity contribution in [1.29, 1.82) is 0 Å². The van der Waals surface area contributed by atoms with E-state index >= 15 is 0 Å². The molecule has 2 rings (SSSR count). The summed E-state index contributed by atoms with van der Waals surface area (Å²) < 4.78 is 0. The van der Waals surface area contributed by atoms with Crippen molar-refractivity contribution in [1.82, 2.24) is 15.8 Å². The van der Waals surface area contributed by atoms with Gasteiger partial charge in [-0.05, 0) is 49.0 Å².